The molecule has 0 saturated carbocycles. The lowest BCUT2D eigenvalue weighted by Crippen LogP contribution is -1.39. The Morgan fingerprint density at radius 2 is 0.667 bits per heavy atom. The molecule has 0 spiro atoms. The summed E-state index contributed by atoms with van der Waals surface area (Å²) in [5.41, 5.74) is 0. The molecule has 0 saturated heterocycles. The molecular weight excluding hydrogens is 144 g/mol. The van der Waals surface area contributed by atoms with Gasteiger partial charge in [0.1, 0.15) is 0 Å². The van der Waals surface area contributed by atoms with E-state index in [0.717, 1.165) is 0 Å². The summed E-state index contributed by atoms with van der Waals surface area (Å²) < 4.78 is 0. The first kappa shape index (κ1) is 12.7. The van der Waals surface area contributed by atoms with Gasteiger partial charge in [0.15, 0.2) is 0 Å². The van der Waals surface area contributed by atoms with Gasteiger partial charge in [0.25, 0.3) is 0 Å². The van der Waals surface area contributed by atoms with Crippen LogP contribution in [0.4, 0.5) is 0 Å². The Bertz CT molecular complexity index is 204. The predicted octanol–water partition coefficient (Wildman–Crippen LogP) is 2.72. The molecule has 0 heteroatoms. The predicted molar refractivity (Wildman–Crippen MR) is 56.3 cm³/mol. The summed E-state index contributed by atoms with van der Waals surface area (Å²) >= 11 is 0. The van der Waals surface area contributed by atoms with Gasteiger partial charge in [-0.3, -0.25) is 0 Å². The molecular formula is C12H12. The monoisotopic (exact) mass is 156 g/mol. The first-order chi connectivity index (χ1) is 5.83. The summed E-state index contributed by atoms with van der Waals surface area (Å²) in [5.74, 6) is 10.4. The quantitative estimate of drug-likeness (QED) is 0.473. The van der Waals surface area contributed by atoms with Gasteiger partial charge in [-0.1, -0.05) is 50.0 Å². The maximum atomic E-state index is 3.38. The summed E-state index contributed by atoms with van der Waals surface area (Å²) in [6, 6.07) is 0. The van der Waals surface area contributed by atoms with E-state index in [4.69, 9.17) is 0 Å². The molecule has 0 aliphatic rings. The average Bonchev–Trinajstić information content (AvgIpc) is 2.12. The summed E-state index contributed by atoms with van der Waals surface area (Å²) in [4.78, 5) is 0. The van der Waals surface area contributed by atoms with E-state index in [2.05, 4.69) is 50.0 Å². The van der Waals surface area contributed by atoms with Gasteiger partial charge in [0, 0.05) is 0 Å². The molecule has 0 bridgehead atoms. The molecule has 0 unspecified atom stereocenters. The normalized spacial score (nSPS) is 4.67. The summed E-state index contributed by atoms with van der Waals surface area (Å²) in [6.45, 7) is 13.5. The van der Waals surface area contributed by atoms with Crippen LogP contribution in [0, 0.1) is 23.7 Å². The molecule has 0 fully saturated rings. The highest BCUT2D eigenvalue weighted by molar-refractivity contribution is 5.20. The molecule has 0 heterocycles. The van der Waals surface area contributed by atoms with Gasteiger partial charge in [0.05, 0.1) is 0 Å². The first-order valence-electron chi connectivity index (χ1n) is 3.29. The van der Waals surface area contributed by atoms with Gasteiger partial charge >= 0.3 is 0 Å². The highest BCUT2D eigenvalue weighted by Crippen LogP contribution is 1.56. The Morgan fingerprint density at radius 3 is 0.750 bits per heavy atom. The van der Waals surface area contributed by atoms with Gasteiger partial charge in [-0.05, 0) is 24.3 Å². The summed E-state index contributed by atoms with van der Waals surface area (Å²) in [7, 11) is 0. The molecule has 60 valence electrons. The van der Waals surface area contributed by atoms with Crippen molar-refractivity contribution in [1.82, 2.24) is 0 Å². The smallest absolute Gasteiger partial charge is 0.0187 e. The molecule has 0 amide bonds. The van der Waals surface area contributed by atoms with Crippen LogP contribution in [0.15, 0.2) is 50.6 Å². The number of hydrogen-bond acceptors (Lipinski definition) is 0. The zero-order valence-electron chi connectivity index (χ0n) is 7.14. The third kappa shape index (κ3) is 24.3. The molecule has 0 aromatic heterocycles. The molecule has 0 nitrogen and oxygen atoms in total. The van der Waals surface area contributed by atoms with Crippen LogP contribution in [0.5, 0.6) is 0 Å². The second-order valence-corrected chi connectivity index (χ2v) is 1.39. The van der Waals surface area contributed by atoms with E-state index in [9.17, 15) is 0 Å². The molecule has 0 atom stereocenters. The van der Waals surface area contributed by atoms with E-state index in [0.29, 0.717) is 0 Å². The van der Waals surface area contributed by atoms with Crippen LogP contribution in [0.3, 0.4) is 0 Å². The van der Waals surface area contributed by atoms with Crippen molar-refractivity contribution in [1.29, 1.82) is 0 Å². The number of allylic oxidation sites excluding steroid dienone is 4. The van der Waals surface area contributed by atoms with Gasteiger partial charge in [-0.25, -0.2) is 0 Å². The van der Waals surface area contributed by atoms with Crippen LogP contribution in [-0.2, 0) is 0 Å². The zero-order valence-corrected chi connectivity index (χ0v) is 7.14. The molecule has 12 heavy (non-hydrogen) atoms. The Morgan fingerprint density at radius 1 is 0.500 bits per heavy atom. The van der Waals surface area contributed by atoms with Crippen molar-refractivity contribution in [2.24, 2.45) is 0 Å². The largest absolute Gasteiger partial charge is 0.0906 e. The van der Waals surface area contributed by atoms with Crippen molar-refractivity contribution in [2.45, 2.75) is 0 Å². The molecule has 0 aromatic carbocycles. The van der Waals surface area contributed by atoms with Crippen molar-refractivity contribution in [3.8, 4) is 23.7 Å². The standard InChI is InChI=1S/2C6H6/c2*1-3-5-6-4-2/h2*3-4H,1-2H2. The third-order valence-corrected chi connectivity index (χ3v) is 0.575. The average molecular weight is 156 g/mol. The minimum Gasteiger partial charge on any atom is -0.0906 e. The second-order valence-electron chi connectivity index (χ2n) is 1.39. The van der Waals surface area contributed by atoms with Crippen LogP contribution in [0.1, 0.15) is 0 Å². The number of hydrogen-bond donors (Lipinski definition) is 0. The van der Waals surface area contributed by atoms with Crippen molar-refractivity contribution in [2.75, 3.05) is 0 Å². The fourth-order valence-electron chi connectivity index (χ4n) is 0.236. The lowest BCUT2D eigenvalue weighted by Gasteiger charge is -1.52. The van der Waals surface area contributed by atoms with Crippen LogP contribution in [0.25, 0.3) is 0 Å². The lowest BCUT2D eigenvalue weighted by atomic mass is 10.5. The molecule has 0 rings (SSSR count). The van der Waals surface area contributed by atoms with Crippen molar-refractivity contribution in [3.05, 3.63) is 50.6 Å². The van der Waals surface area contributed by atoms with Crippen LogP contribution in [0.2, 0.25) is 0 Å². The third-order valence-electron chi connectivity index (χ3n) is 0.575. The minimum absolute atomic E-state index is 1.53. The van der Waals surface area contributed by atoms with E-state index in [-0.39, 0.29) is 0 Å². The molecule has 0 N–H and O–H groups in total. The Kier molecular flexibility index (Phi) is 17.0. The topological polar surface area (TPSA) is 0 Å². The van der Waals surface area contributed by atoms with Gasteiger partial charge in [-0.2, -0.15) is 0 Å². The molecule has 0 aromatic rings. The van der Waals surface area contributed by atoms with Crippen LogP contribution in [-0.4, -0.2) is 0 Å². The summed E-state index contributed by atoms with van der Waals surface area (Å²) in [6.07, 6.45) is 6.12. The molecule has 0 aliphatic carbocycles. The van der Waals surface area contributed by atoms with E-state index in [1.807, 2.05) is 0 Å². The van der Waals surface area contributed by atoms with E-state index >= 15 is 0 Å². The minimum atomic E-state index is 1.53. The van der Waals surface area contributed by atoms with Crippen molar-refractivity contribution in [3.63, 3.8) is 0 Å². The lowest BCUT2D eigenvalue weighted by molar-refractivity contribution is 2.22. The number of rotatable bonds is 0. The zero-order chi connectivity index (χ0) is 9.66. The van der Waals surface area contributed by atoms with Gasteiger partial charge in [0.2, 0.25) is 0 Å². The van der Waals surface area contributed by atoms with E-state index in [1.165, 1.54) is 24.3 Å². The van der Waals surface area contributed by atoms with Gasteiger partial charge in [-0.15, -0.1) is 0 Å². The highest BCUT2D eigenvalue weighted by Gasteiger charge is 1.42. The fraction of sp³-hybridized carbons (Fsp3) is 0. The Hall–Kier alpha value is -1.92. The van der Waals surface area contributed by atoms with E-state index < -0.39 is 0 Å². The molecule has 0 aliphatic heterocycles. The van der Waals surface area contributed by atoms with E-state index in [1.54, 1.807) is 0 Å². The first-order valence-corrected chi connectivity index (χ1v) is 3.29. The fourth-order valence-corrected chi connectivity index (χ4v) is 0.236. The highest BCUT2D eigenvalue weighted by atomic mass is 13.5. The SMILES string of the molecule is C=CC#CC=C.C=CC#CC=C. The Labute approximate surface area is 75.0 Å². The van der Waals surface area contributed by atoms with Crippen LogP contribution < -0.4 is 0 Å². The van der Waals surface area contributed by atoms with Gasteiger partial charge < -0.3 is 0 Å². The van der Waals surface area contributed by atoms with Crippen molar-refractivity contribution < 1.29 is 0 Å². The van der Waals surface area contributed by atoms with Crippen molar-refractivity contribution >= 4 is 0 Å². The molecule has 0 radical (unpaired) electrons. The maximum Gasteiger partial charge on any atom is -0.0187 e. The Balaban J connectivity index is 0. The van der Waals surface area contributed by atoms with Crippen LogP contribution >= 0.6 is 0 Å². The second kappa shape index (κ2) is 16.0. The summed E-state index contributed by atoms with van der Waals surface area (Å²) in [5, 5.41) is 0. The maximum absolute atomic E-state index is 3.38.